The summed E-state index contributed by atoms with van der Waals surface area (Å²) in [7, 11) is 0. The number of rotatable bonds is 30. The fraction of sp³-hybridized carbons (Fsp3) is 0.390. The van der Waals surface area contributed by atoms with Gasteiger partial charge in [0.1, 0.15) is 23.0 Å². The Morgan fingerprint density at radius 2 is 0.863 bits per heavy atom. The van der Waals surface area contributed by atoms with Gasteiger partial charge in [0.25, 0.3) is 0 Å². The summed E-state index contributed by atoms with van der Waals surface area (Å²) in [5.41, 5.74) is 3.20. The van der Waals surface area contributed by atoms with Crippen LogP contribution in [0, 0.1) is 6.92 Å². The minimum Gasteiger partial charge on any atom is -0.417 e. The quantitative estimate of drug-likeness (QED) is 0.0311. The van der Waals surface area contributed by atoms with Gasteiger partial charge in [0.05, 0.1) is 26.4 Å². The molecule has 6 aromatic carbocycles. The van der Waals surface area contributed by atoms with E-state index in [1.54, 1.807) is 49.4 Å². The fourth-order valence-electron chi connectivity index (χ4n) is 7.20. The fourth-order valence-corrected chi connectivity index (χ4v) is 21.8. The van der Waals surface area contributed by atoms with E-state index < -0.39 is 27.2 Å². The Morgan fingerprint density at radius 1 is 0.450 bits per heavy atom. The first-order chi connectivity index (χ1) is 38.7. The van der Waals surface area contributed by atoms with Crippen molar-refractivity contribution in [2.45, 2.75) is 116 Å². The van der Waals surface area contributed by atoms with Gasteiger partial charge in [-0.25, -0.2) is 18.3 Å². The Hall–Kier alpha value is -3.03. The molecule has 21 heteroatoms. The molecule has 0 amide bonds. The van der Waals surface area contributed by atoms with Crippen LogP contribution in [0.4, 0.5) is 0 Å². The number of hydrogen-bond acceptors (Lipinski definition) is 16. The number of unbranched alkanes of at least 4 members (excludes halogenated alkanes) is 3. The zero-order chi connectivity index (χ0) is 57.8. The maximum absolute atomic E-state index is 12.8. The van der Waals surface area contributed by atoms with Crippen molar-refractivity contribution >= 4 is 84.3 Å². The molecule has 0 saturated heterocycles. The second-order valence-electron chi connectivity index (χ2n) is 17.5. The molecular formula is C59H79ClO12P4S4. The minimum atomic E-state index is -3.27. The molecule has 1 aliphatic rings. The summed E-state index contributed by atoms with van der Waals surface area (Å²) in [5.74, 6) is 4.16. The van der Waals surface area contributed by atoms with Crippen LogP contribution in [0.15, 0.2) is 170 Å². The normalized spacial score (nSPS) is 15.2. The van der Waals surface area contributed by atoms with Crippen LogP contribution in [0.2, 0.25) is 5.02 Å². The van der Waals surface area contributed by atoms with Crippen LogP contribution < -0.4 is 18.1 Å². The van der Waals surface area contributed by atoms with Gasteiger partial charge < -0.3 is 18.1 Å². The standard InChI is InChI=1S/C16H19O3PS.C15H16ClO3PS.C14H21O3PS.C14H23O3PS/c1-3-18-20(17,19-16-10-5-4-6-11-16)21-13-15-9-7-8-14(2)12-15;1-2-18-20(17,19-14-9-4-3-5-10-14)21-12-13-8-6-7-11-15(13)16;1-2-16-18(15,17-13-9-5-3-6-10-13)19-14-11-7-4-8-12-14;1-3-5-6-10-13-19-18(15,16-4-2)17-14-11-8-7-9-12-14/h4-12H,3,13H2,1-2H3;3-11H,2,12H2,1H3;3,5-6,9-10,14H,2,4,7-8,11-12H2,1H3;7-9,11-12H,3-6,10,13H2,1-2H3. The SMILES string of the molecule is CCCCCCSP(=O)(OCC)Oc1ccccc1.CCOP(=O)(Oc1ccccc1)SC1CCCCC1.CCOP(=O)(Oc1ccccc1)SCc1cccc(C)c1.CCOP(=O)(Oc1ccccc1)SCc1ccccc1Cl. The van der Waals surface area contributed by atoms with E-state index in [1.807, 2.05) is 149 Å². The van der Waals surface area contributed by atoms with Gasteiger partial charge in [-0.2, -0.15) is 0 Å². The molecule has 12 nitrogen and oxygen atoms in total. The first kappa shape index (κ1) is 69.5. The lowest BCUT2D eigenvalue weighted by Gasteiger charge is -2.25. The smallest absolute Gasteiger partial charge is 0.417 e. The van der Waals surface area contributed by atoms with Crippen LogP contribution in [0.3, 0.4) is 0 Å². The third-order valence-corrected chi connectivity index (χ3v) is 26.6. The van der Waals surface area contributed by atoms with Crippen molar-refractivity contribution in [1.82, 2.24) is 0 Å². The van der Waals surface area contributed by atoms with E-state index in [0.29, 0.717) is 71.2 Å². The van der Waals surface area contributed by atoms with Crippen LogP contribution in [0.25, 0.3) is 0 Å². The molecule has 0 aromatic heterocycles. The molecule has 1 aliphatic carbocycles. The molecule has 0 heterocycles. The molecule has 0 N–H and O–H groups in total. The highest BCUT2D eigenvalue weighted by molar-refractivity contribution is 8.56. The van der Waals surface area contributed by atoms with Crippen LogP contribution >= 0.6 is 84.3 Å². The molecule has 0 bridgehead atoms. The van der Waals surface area contributed by atoms with Gasteiger partial charge >= 0.3 is 27.2 Å². The van der Waals surface area contributed by atoms with Gasteiger partial charge in [-0.15, -0.1) is 0 Å². The topological polar surface area (TPSA) is 142 Å². The summed E-state index contributed by atoms with van der Waals surface area (Å²) in [4.78, 5) is 0. The molecule has 6 aromatic rings. The molecule has 0 spiro atoms. The Bertz CT molecular complexity index is 2790. The van der Waals surface area contributed by atoms with Gasteiger partial charge in [0, 0.05) is 27.5 Å². The second-order valence-corrected chi connectivity index (χ2v) is 34.2. The van der Waals surface area contributed by atoms with Crippen molar-refractivity contribution in [1.29, 1.82) is 0 Å². The van der Waals surface area contributed by atoms with Crippen LogP contribution in [-0.4, -0.2) is 37.4 Å². The minimum absolute atomic E-state index is 0.319. The highest BCUT2D eigenvalue weighted by Crippen LogP contribution is 2.64. The van der Waals surface area contributed by atoms with E-state index in [9.17, 15) is 18.3 Å². The first-order valence-electron chi connectivity index (χ1n) is 27.0. The van der Waals surface area contributed by atoms with Crippen molar-refractivity contribution in [2.24, 2.45) is 0 Å². The average Bonchev–Trinajstić information content (AvgIpc) is 3.44. The summed E-state index contributed by atoms with van der Waals surface area (Å²) in [6.07, 6.45) is 10.6. The summed E-state index contributed by atoms with van der Waals surface area (Å²) < 4.78 is 94.6. The zero-order valence-corrected chi connectivity index (χ0v) is 54.4. The van der Waals surface area contributed by atoms with Crippen molar-refractivity contribution in [3.8, 4) is 23.0 Å². The maximum atomic E-state index is 12.8. The first-order valence-corrected chi connectivity index (χ1v) is 39.8. The van der Waals surface area contributed by atoms with E-state index in [0.717, 1.165) is 47.5 Å². The summed E-state index contributed by atoms with van der Waals surface area (Å²) in [5, 5.41) is 1.04. The number of halogens is 1. The van der Waals surface area contributed by atoms with E-state index in [-0.39, 0.29) is 0 Å². The van der Waals surface area contributed by atoms with Gasteiger partial charge in [-0.05, 0) is 165 Å². The van der Waals surface area contributed by atoms with Gasteiger partial charge in [0.15, 0.2) is 0 Å². The summed E-state index contributed by atoms with van der Waals surface area (Å²) in [6, 6.07) is 52.2. The van der Waals surface area contributed by atoms with Gasteiger partial charge in [-0.3, -0.25) is 18.1 Å². The van der Waals surface area contributed by atoms with E-state index >= 15 is 0 Å². The lowest BCUT2D eigenvalue weighted by atomic mass is 10.0. The largest absolute Gasteiger partial charge is 0.440 e. The monoisotopic (exact) mass is 1270 g/mol. The van der Waals surface area contributed by atoms with Crippen LogP contribution in [0.1, 0.15) is 109 Å². The van der Waals surface area contributed by atoms with Crippen LogP contribution in [-0.2, 0) is 47.9 Å². The molecule has 4 atom stereocenters. The average molecular weight is 1270 g/mol. The molecule has 438 valence electrons. The number of para-hydroxylation sites is 4. The molecule has 7 rings (SSSR count). The number of aryl methyl sites for hydroxylation is 1. The van der Waals surface area contributed by atoms with E-state index in [1.165, 1.54) is 78.2 Å². The molecular weight excluding hydrogens is 1190 g/mol. The molecule has 1 saturated carbocycles. The third kappa shape index (κ3) is 29.0. The number of hydrogen-bond donors (Lipinski definition) is 0. The molecule has 0 aliphatic heterocycles. The molecule has 1 fully saturated rings. The van der Waals surface area contributed by atoms with E-state index in [4.69, 9.17) is 47.8 Å². The van der Waals surface area contributed by atoms with Crippen LogP contribution in [0.5, 0.6) is 23.0 Å². The lowest BCUT2D eigenvalue weighted by molar-refractivity contribution is 0.295. The Labute approximate surface area is 498 Å². The van der Waals surface area contributed by atoms with Crippen molar-refractivity contribution in [2.75, 3.05) is 32.2 Å². The summed E-state index contributed by atoms with van der Waals surface area (Å²) in [6.45, 7) is 0.333. The molecule has 80 heavy (non-hydrogen) atoms. The highest BCUT2D eigenvalue weighted by atomic mass is 35.5. The lowest BCUT2D eigenvalue weighted by Crippen LogP contribution is -2.09. The molecule has 0 radical (unpaired) electrons. The van der Waals surface area contributed by atoms with Crippen molar-refractivity contribution in [3.05, 3.63) is 192 Å². The highest BCUT2D eigenvalue weighted by Gasteiger charge is 2.33. The van der Waals surface area contributed by atoms with Gasteiger partial charge in [-0.1, -0.05) is 178 Å². The number of benzene rings is 6. The second kappa shape index (κ2) is 39.5. The zero-order valence-electron chi connectivity index (χ0n) is 46.8. The Balaban J connectivity index is 0.000000230. The predicted octanol–water partition coefficient (Wildman–Crippen LogP) is 22.0. The van der Waals surface area contributed by atoms with Crippen molar-refractivity contribution < 1.29 is 54.5 Å². The summed E-state index contributed by atoms with van der Waals surface area (Å²) >= 11 is 11.2. The molecule has 4 unspecified atom stereocenters. The van der Waals surface area contributed by atoms with E-state index in [2.05, 4.69) is 13.0 Å². The Kier molecular flexibility index (Phi) is 34.3. The van der Waals surface area contributed by atoms with Gasteiger partial charge in [0.2, 0.25) is 0 Å². The maximum Gasteiger partial charge on any atom is 0.440 e. The van der Waals surface area contributed by atoms with Crippen molar-refractivity contribution in [3.63, 3.8) is 0 Å². The predicted molar refractivity (Wildman–Crippen MR) is 341 cm³/mol. The Morgan fingerprint density at radius 3 is 1.30 bits per heavy atom. The third-order valence-electron chi connectivity index (χ3n) is 10.9.